The Bertz CT molecular complexity index is 533. The molecule has 0 unspecified atom stereocenters. The number of nitriles is 1. The van der Waals surface area contributed by atoms with E-state index in [-0.39, 0.29) is 11.2 Å². The van der Waals surface area contributed by atoms with Crippen LogP contribution in [0.25, 0.3) is 0 Å². The van der Waals surface area contributed by atoms with Crippen LogP contribution in [0.2, 0.25) is 0 Å². The number of nitrogens with zero attached hydrogens (tertiary/aromatic N) is 1. The maximum Gasteiger partial charge on any atom is 0.495 e. The molecule has 20 heavy (non-hydrogen) atoms. The van der Waals surface area contributed by atoms with Crippen molar-refractivity contribution in [3.05, 3.63) is 29.3 Å². The van der Waals surface area contributed by atoms with Crippen molar-refractivity contribution in [1.82, 2.24) is 0 Å². The fourth-order valence-electron chi connectivity index (χ4n) is 2.24. The first kappa shape index (κ1) is 15.1. The largest absolute Gasteiger partial charge is 0.495 e. The molecule has 2 N–H and O–H groups in total. The summed E-state index contributed by atoms with van der Waals surface area (Å²) in [5, 5.41) is 9.07. The molecule has 0 saturated carbocycles. The Balaban J connectivity index is 2.40. The number of nitrogens with two attached hydrogens (primary N) is 1. The average Bonchev–Trinajstić information content (AvgIpc) is 2.59. The zero-order valence-electron chi connectivity index (χ0n) is 12.6. The van der Waals surface area contributed by atoms with E-state index in [1.165, 1.54) is 0 Å². The zero-order valence-corrected chi connectivity index (χ0v) is 12.6. The number of rotatable bonds is 3. The summed E-state index contributed by atoms with van der Waals surface area (Å²) in [6.45, 7) is 8.62. The van der Waals surface area contributed by atoms with Gasteiger partial charge in [0.05, 0.1) is 22.8 Å². The lowest BCUT2D eigenvalue weighted by Gasteiger charge is -2.32. The van der Waals surface area contributed by atoms with Gasteiger partial charge in [0.1, 0.15) is 0 Å². The minimum Gasteiger partial charge on any atom is -0.399 e. The molecule has 106 valence electrons. The van der Waals surface area contributed by atoms with Gasteiger partial charge in [-0.05, 0) is 63.8 Å². The van der Waals surface area contributed by atoms with Gasteiger partial charge in [-0.1, -0.05) is 6.07 Å². The number of benzene rings is 1. The summed E-state index contributed by atoms with van der Waals surface area (Å²) in [6, 6.07) is 7.74. The Morgan fingerprint density at radius 3 is 2.30 bits per heavy atom. The van der Waals surface area contributed by atoms with Crippen LogP contribution in [0.3, 0.4) is 0 Å². The first-order valence-corrected chi connectivity index (χ1v) is 6.89. The SMILES string of the molecule is CC1(C)OB(c2cc(C#N)ccc2CCN)OC1(C)C. The molecule has 0 radical (unpaired) electrons. The lowest BCUT2D eigenvalue weighted by molar-refractivity contribution is 0.00578. The van der Waals surface area contributed by atoms with Crippen LogP contribution in [-0.4, -0.2) is 24.9 Å². The van der Waals surface area contributed by atoms with Gasteiger partial charge in [0.25, 0.3) is 0 Å². The first-order chi connectivity index (χ1) is 9.30. The van der Waals surface area contributed by atoms with Crippen molar-refractivity contribution >= 4 is 12.6 Å². The molecule has 1 fully saturated rings. The molecule has 0 spiro atoms. The van der Waals surface area contributed by atoms with Crippen LogP contribution in [0, 0.1) is 11.3 Å². The van der Waals surface area contributed by atoms with E-state index in [1.807, 2.05) is 39.8 Å². The molecule has 0 aromatic heterocycles. The first-order valence-electron chi connectivity index (χ1n) is 6.89. The quantitative estimate of drug-likeness (QED) is 0.843. The van der Waals surface area contributed by atoms with E-state index in [1.54, 1.807) is 6.07 Å². The van der Waals surface area contributed by atoms with E-state index < -0.39 is 7.12 Å². The van der Waals surface area contributed by atoms with Gasteiger partial charge in [-0.25, -0.2) is 0 Å². The molecular formula is C15H21BN2O2. The van der Waals surface area contributed by atoms with Crippen LogP contribution in [0.1, 0.15) is 38.8 Å². The second kappa shape index (κ2) is 5.21. The summed E-state index contributed by atoms with van der Waals surface area (Å²) in [5.41, 5.74) is 7.47. The van der Waals surface area contributed by atoms with E-state index in [0.29, 0.717) is 12.1 Å². The fraction of sp³-hybridized carbons (Fsp3) is 0.533. The maximum absolute atomic E-state index is 9.07. The van der Waals surface area contributed by atoms with E-state index >= 15 is 0 Å². The normalized spacial score (nSPS) is 19.9. The van der Waals surface area contributed by atoms with Crippen molar-refractivity contribution in [3.8, 4) is 6.07 Å². The van der Waals surface area contributed by atoms with Gasteiger partial charge in [-0.15, -0.1) is 0 Å². The summed E-state index contributed by atoms with van der Waals surface area (Å²) < 4.78 is 12.1. The Hall–Kier alpha value is -1.35. The third kappa shape index (κ3) is 2.60. The molecule has 4 nitrogen and oxygen atoms in total. The molecule has 1 heterocycles. The Morgan fingerprint density at radius 1 is 1.20 bits per heavy atom. The second-order valence-corrected chi connectivity index (χ2v) is 6.15. The molecule has 0 aliphatic carbocycles. The molecule has 1 aliphatic rings. The van der Waals surface area contributed by atoms with Crippen LogP contribution in [0.5, 0.6) is 0 Å². The molecule has 0 bridgehead atoms. The van der Waals surface area contributed by atoms with Crippen LogP contribution < -0.4 is 11.2 Å². The molecule has 0 atom stereocenters. The van der Waals surface area contributed by atoms with Gasteiger partial charge >= 0.3 is 7.12 Å². The molecule has 0 amide bonds. The molecular weight excluding hydrogens is 251 g/mol. The van der Waals surface area contributed by atoms with E-state index in [0.717, 1.165) is 17.4 Å². The van der Waals surface area contributed by atoms with Crippen LogP contribution in [-0.2, 0) is 15.7 Å². The lowest BCUT2D eigenvalue weighted by Crippen LogP contribution is -2.41. The van der Waals surface area contributed by atoms with Gasteiger partial charge in [0.15, 0.2) is 0 Å². The zero-order chi connectivity index (χ0) is 15.0. The van der Waals surface area contributed by atoms with Crippen LogP contribution in [0.4, 0.5) is 0 Å². The Labute approximate surface area is 121 Å². The maximum atomic E-state index is 9.07. The molecule has 1 aliphatic heterocycles. The fourth-order valence-corrected chi connectivity index (χ4v) is 2.24. The highest BCUT2D eigenvalue weighted by Crippen LogP contribution is 2.36. The summed E-state index contributed by atoms with van der Waals surface area (Å²) in [5.74, 6) is 0. The summed E-state index contributed by atoms with van der Waals surface area (Å²) >= 11 is 0. The summed E-state index contributed by atoms with van der Waals surface area (Å²) in [6.07, 6.45) is 0.741. The van der Waals surface area contributed by atoms with Gasteiger partial charge < -0.3 is 15.0 Å². The van der Waals surface area contributed by atoms with Crippen molar-refractivity contribution in [2.45, 2.75) is 45.3 Å². The van der Waals surface area contributed by atoms with Gasteiger partial charge in [-0.2, -0.15) is 5.26 Å². The van der Waals surface area contributed by atoms with Crippen molar-refractivity contribution in [3.63, 3.8) is 0 Å². The summed E-state index contributed by atoms with van der Waals surface area (Å²) in [7, 11) is -0.449. The van der Waals surface area contributed by atoms with Crippen molar-refractivity contribution in [2.75, 3.05) is 6.54 Å². The smallest absolute Gasteiger partial charge is 0.399 e. The highest BCUT2D eigenvalue weighted by atomic mass is 16.7. The van der Waals surface area contributed by atoms with Gasteiger partial charge in [0, 0.05) is 0 Å². The van der Waals surface area contributed by atoms with Crippen molar-refractivity contribution in [1.29, 1.82) is 5.26 Å². The minimum atomic E-state index is -0.449. The van der Waals surface area contributed by atoms with Crippen molar-refractivity contribution in [2.24, 2.45) is 5.73 Å². The average molecular weight is 272 g/mol. The Morgan fingerprint density at radius 2 is 1.80 bits per heavy atom. The molecule has 1 aromatic rings. The number of hydrogen-bond donors (Lipinski definition) is 1. The lowest BCUT2D eigenvalue weighted by atomic mass is 9.74. The predicted octanol–water partition coefficient (Wildman–Crippen LogP) is 1.36. The third-order valence-electron chi connectivity index (χ3n) is 4.20. The topological polar surface area (TPSA) is 68.3 Å². The van der Waals surface area contributed by atoms with Crippen molar-refractivity contribution < 1.29 is 9.31 Å². The van der Waals surface area contributed by atoms with Crippen LogP contribution >= 0.6 is 0 Å². The van der Waals surface area contributed by atoms with E-state index in [4.69, 9.17) is 20.3 Å². The predicted molar refractivity (Wildman–Crippen MR) is 79.6 cm³/mol. The standard InChI is InChI=1S/C15H21BN2O2/c1-14(2)15(3,4)20-16(19-14)13-9-11(10-18)5-6-12(13)7-8-17/h5-6,9H,7-8,17H2,1-4H3. The molecule has 1 aromatic carbocycles. The third-order valence-corrected chi connectivity index (χ3v) is 4.20. The summed E-state index contributed by atoms with van der Waals surface area (Å²) in [4.78, 5) is 0. The molecule has 5 heteroatoms. The van der Waals surface area contributed by atoms with E-state index in [9.17, 15) is 0 Å². The van der Waals surface area contributed by atoms with Gasteiger partial charge in [0.2, 0.25) is 0 Å². The number of hydrogen-bond acceptors (Lipinski definition) is 4. The second-order valence-electron chi connectivity index (χ2n) is 6.15. The Kier molecular flexibility index (Phi) is 3.92. The highest BCUT2D eigenvalue weighted by Gasteiger charge is 2.52. The monoisotopic (exact) mass is 272 g/mol. The molecule has 1 saturated heterocycles. The highest BCUT2D eigenvalue weighted by molar-refractivity contribution is 6.62. The minimum absolute atomic E-state index is 0.389. The van der Waals surface area contributed by atoms with Gasteiger partial charge in [-0.3, -0.25) is 0 Å². The van der Waals surface area contributed by atoms with E-state index in [2.05, 4.69) is 6.07 Å². The molecule has 2 rings (SSSR count). The van der Waals surface area contributed by atoms with Crippen LogP contribution in [0.15, 0.2) is 18.2 Å².